The maximum atomic E-state index is 4.28. The first-order chi connectivity index (χ1) is 16.4. The van der Waals surface area contributed by atoms with Crippen molar-refractivity contribution in [3.8, 4) is 0 Å². The molecule has 0 spiro atoms. The number of anilines is 2. The number of fused-ring (bicyclic) bond motifs is 2. The van der Waals surface area contributed by atoms with Crippen molar-refractivity contribution in [2.24, 2.45) is 5.92 Å². The zero-order valence-corrected chi connectivity index (χ0v) is 20.2. The third-order valence-electron chi connectivity index (χ3n) is 6.81. The summed E-state index contributed by atoms with van der Waals surface area (Å²) in [6, 6.07) is 26.0. The molecule has 2 aromatic rings. The molecule has 0 aromatic heterocycles. The van der Waals surface area contributed by atoms with Crippen molar-refractivity contribution in [2.45, 2.75) is 25.3 Å². The second kappa shape index (κ2) is 9.97. The van der Waals surface area contributed by atoms with Gasteiger partial charge in [0.1, 0.15) is 0 Å². The maximum Gasteiger partial charge on any atom is 0.0596 e. The summed E-state index contributed by atoms with van der Waals surface area (Å²) < 4.78 is 0. The predicted molar refractivity (Wildman–Crippen MR) is 149 cm³/mol. The lowest BCUT2D eigenvalue weighted by atomic mass is 9.65. The van der Waals surface area contributed by atoms with E-state index in [4.69, 9.17) is 0 Å². The molecular weight excluding hydrogens is 410 g/mol. The number of para-hydroxylation sites is 1. The third kappa shape index (κ3) is 4.61. The Morgan fingerprint density at radius 1 is 0.824 bits per heavy atom. The Balaban J connectivity index is 1.87. The minimum Gasteiger partial charge on any atom is -0.334 e. The monoisotopic (exact) mass is 443 g/mol. The first-order valence-corrected chi connectivity index (χ1v) is 11.8. The Kier molecular flexibility index (Phi) is 6.84. The fraction of sp³-hybridized carbons (Fsp3) is 0.152. The van der Waals surface area contributed by atoms with E-state index in [9.17, 15) is 0 Å². The molecule has 34 heavy (non-hydrogen) atoms. The highest BCUT2D eigenvalue weighted by Gasteiger charge is 2.44. The van der Waals surface area contributed by atoms with E-state index < -0.39 is 0 Å². The first kappa shape index (κ1) is 23.3. The number of nitrogens with zero attached hydrogens (tertiary/aromatic N) is 1. The Hall–Kier alpha value is -3.84. The van der Waals surface area contributed by atoms with Crippen molar-refractivity contribution >= 4 is 16.9 Å². The van der Waals surface area contributed by atoms with Crippen molar-refractivity contribution < 1.29 is 0 Å². The molecule has 0 saturated carbocycles. The normalized spacial score (nSPS) is 19.6. The van der Waals surface area contributed by atoms with Crippen molar-refractivity contribution in [1.29, 1.82) is 0 Å². The molecule has 0 radical (unpaired) electrons. The van der Waals surface area contributed by atoms with Crippen LogP contribution in [0.3, 0.4) is 0 Å². The smallest absolute Gasteiger partial charge is 0.0596 e. The quantitative estimate of drug-likeness (QED) is 0.418. The van der Waals surface area contributed by atoms with Gasteiger partial charge in [0.15, 0.2) is 0 Å². The van der Waals surface area contributed by atoms with Crippen LogP contribution in [0.25, 0.3) is 5.57 Å². The van der Waals surface area contributed by atoms with E-state index in [1.165, 1.54) is 11.3 Å². The SMILES string of the molecule is C=CC(=C)/C=C\C(=C)c1ccccccc(N2c3ccccc3C(C)(C)C3C=CC=CC32)cc1. The van der Waals surface area contributed by atoms with Gasteiger partial charge >= 0.3 is 0 Å². The van der Waals surface area contributed by atoms with Gasteiger partial charge in [-0.05, 0) is 40.5 Å². The van der Waals surface area contributed by atoms with E-state index >= 15 is 0 Å². The second-order valence-corrected chi connectivity index (χ2v) is 9.35. The van der Waals surface area contributed by atoms with Crippen LogP contribution in [0.15, 0.2) is 141 Å². The van der Waals surface area contributed by atoms with Crippen molar-refractivity contribution in [1.82, 2.24) is 0 Å². The lowest BCUT2D eigenvalue weighted by Crippen LogP contribution is -2.49. The molecule has 2 atom stereocenters. The minimum atomic E-state index is 0.0373. The van der Waals surface area contributed by atoms with Gasteiger partial charge in [-0.3, -0.25) is 0 Å². The first-order valence-electron chi connectivity index (χ1n) is 11.8. The molecule has 1 aliphatic heterocycles. The van der Waals surface area contributed by atoms with E-state index in [2.05, 4.69) is 123 Å². The van der Waals surface area contributed by atoms with Gasteiger partial charge in [0.05, 0.1) is 6.04 Å². The molecule has 0 saturated heterocycles. The van der Waals surface area contributed by atoms with Gasteiger partial charge < -0.3 is 4.90 Å². The summed E-state index contributed by atoms with van der Waals surface area (Å²) in [7, 11) is 0. The van der Waals surface area contributed by atoms with Crippen molar-refractivity contribution in [2.75, 3.05) is 4.90 Å². The van der Waals surface area contributed by atoms with Crippen LogP contribution < -0.4 is 4.90 Å². The van der Waals surface area contributed by atoms with E-state index in [-0.39, 0.29) is 11.5 Å². The molecule has 1 heteroatoms. The van der Waals surface area contributed by atoms with Crippen molar-refractivity contribution in [3.63, 3.8) is 0 Å². The van der Waals surface area contributed by atoms with Crippen LogP contribution in [0.1, 0.15) is 25.0 Å². The molecule has 2 aliphatic rings. The van der Waals surface area contributed by atoms with Crippen LogP contribution >= 0.6 is 0 Å². The lowest BCUT2D eigenvalue weighted by molar-refractivity contribution is 0.332. The molecule has 4 rings (SSSR count). The van der Waals surface area contributed by atoms with Gasteiger partial charge in [-0.1, -0.05) is 131 Å². The zero-order valence-electron chi connectivity index (χ0n) is 20.2. The van der Waals surface area contributed by atoms with Gasteiger partial charge in [0, 0.05) is 22.7 Å². The van der Waals surface area contributed by atoms with Crippen LogP contribution in [0.4, 0.5) is 11.4 Å². The van der Waals surface area contributed by atoms with Gasteiger partial charge in [-0.2, -0.15) is 0 Å². The fourth-order valence-corrected chi connectivity index (χ4v) is 4.86. The summed E-state index contributed by atoms with van der Waals surface area (Å²) >= 11 is 0. The van der Waals surface area contributed by atoms with Crippen molar-refractivity contribution in [3.05, 3.63) is 152 Å². The molecule has 1 heterocycles. The van der Waals surface area contributed by atoms with E-state index in [1.807, 2.05) is 24.3 Å². The summed E-state index contributed by atoms with van der Waals surface area (Å²) in [5.74, 6) is 0.374. The molecule has 2 aromatic carbocycles. The highest BCUT2D eigenvalue weighted by Crippen LogP contribution is 2.50. The van der Waals surface area contributed by atoms with Gasteiger partial charge in [-0.25, -0.2) is 0 Å². The molecule has 0 amide bonds. The highest BCUT2D eigenvalue weighted by atomic mass is 15.2. The average Bonchev–Trinajstić information content (AvgIpc) is 2.86. The number of hydrogen-bond donors (Lipinski definition) is 0. The third-order valence-corrected chi connectivity index (χ3v) is 6.81. The summed E-state index contributed by atoms with van der Waals surface area (Å²) in [6.07, 6.45) is 14.7. The van der Waals surface area contributed by atoms with E-state index in [0.29, 0.717) is 5.92 Å². The largest absolute Gasteiger partial charge is 0.334 e. The molecule has 0 fully saturated rings. The van der Waals surface area contributed by atoms with Gasteiger partial charge in [0.25, 0.3) is 0 Å². The summed E-state index contributed by atoms with van der Waals surface area (Å²) in [5.41, 5.74) is 6.64. The summed E-state index contributed by atoms with van der Waals surface area (Å²) in [4.78, 5) is 2.48. The van der Waals surface area contributed by atoms with Crippen LogP contribution in [-0.2, 0) is 5.41 Å². The van der Waals surface area contributed by atoms with Gasteiger partial charge in [-0.15, -0.1) is 0 Å². The summed E-state index contributed by atoms with van der Waals surface area (Å²) in [6.45, 7) is 16.7. The molecule has 2 unspecified atom stereocenters. The Bertz CT molecular complexity index is 1250. The number of rotatable bonds is 5. The van der Waals surface area contributed by atoms with Crippen LogP contribution in [0, 0.1) is 5.92 Å². The topological polar surface area (TPSA) is 3.24 Å². The van der Waals surface area contributed by atoms with Crippen LogP contribution in [-0.4, -0.2) is 6.04 Å². The van der Waals surface area contributed by atoms with Crippen LogP contribution in [0.5, 0.6) is 0 Å². The maximum absolute atomic E-state index is 4.28. The number of allylic oxidation sites excluding steroid dienone is 7. The average molecular weight is 444 g/mol. The molecule has 0 N–H and O–H groups in total. The van der Waals surface area contributed by atoms with Gasteiger partial charge in [0.2, 0.25) is 0 Å². The molecule has 0 bridgehead atoms. The number of hydrogen-bond acceptors (Lipinski definition) is 1. The molecule has 1 nitrogen and oxygen atoms in total. The zero-order chi connectivity index (χ0) is 24.1. The molecule has 1 aliphatic carbocycles. The lowest BCUT2D eigenvalue weighted by Gasteiger charge is -2.50. The Morgan fingerprint density at radius 3 is 2.32 bits per heavy atom. The van der Waals surface area contributed by atoms with E-state index in [1.54, 1.807) is 6.08 Å². The Labute approximate surface area is 204 Å². The minimum absolute atomic E-state index is 0.0373. The second-order valence-electron chi connectivity index (χ2n) is 9.35. The Morgan fingerprint density at radius 2 is 1.53 bits per heavy atom. The highest BCUT2D eigenvalue weighted by molar-refractivity contribution is 5.75. The molecule has 170 valence electrons. The summed E-state index contributed by atoms with van der Waals surface area (Å²) in [5, 5.41) is 0. The predicted octanol–water partition coefficient (Wildman–Crippen LogP) is 8.66. The standard InChI is InChI=1S/C33H33N/c1-6-25(2)21-22-26(3)27-15-9-7-8-10-16-28(24-23-27)34-31-19-13-11-17-29(31)33(4,5)30-18-12-14-20-32(30)34/h6-24,29,31H,1-3H2,4-5H3/b8-7?,9-7?,10-8?,15-9?,16-10?,22-21-,24-23?,27-15?,27-23?,28-16?,28-24?. The fourth-order valence-electron chi connectivity index (χ4n) is 4.86. The van der Waals surface area contributed by atoms with Crippen LogP contribution in [0.2, 0.25) is 0 Å². The number of benzene rings is 1. The molecular formula is C33H33N. The van der Waals surface area contributed by atoms with E-state index in [0.717, 1.165) is 22.4 Å².